The predicted molar refractivity (Wildman–Crippen MR) is 125 cm³/mol. The Morgan fingerprint density at radius 2 is 0.774 bits per heavy atom. The molecule has 0 radical (unpaired) electrons. The Morgan fingerprint density at radius 1 is 0.452 bits per heavy atom. The van der Waals surface area contributed by atoms with E-state index in [1.165, 1.54) is 16.7 Å². The maximum atomic E-state index is 6.46. The molecule has 31 heavy (non-hydrogen) atoms. The molecule has 3 nitrogen and oxygen atoms in total. The highest BCUT2D eigenvalue weighted by Gasteiger charge is 2.31. The van der Waals surface area contributed by atoms with Crippen molar-refractivity contribution >= 4 is 26.8 Å². The summed E-state index contributed by atoms with van der Waals surface area (Å²) in [6.07, 6.45) is 12.0. The molecule has 0 heterocycles. The van der Waals surface area contributed by atoms with Gasteiger partial charge in [-0.2, -0.15) is 0 Å². The largest absolute Gasteiger partial charge is 0.335 e. The first-order chi connectivity index (χ1) is 15.3. The summed E-state index contributed by atoms with van der Waals surface area (Å²) in [5.74, 6) is 0. The second kappa shape index (κ2) is 8.03. The van der Waals surface area contributed by atoms with Crippen LogP contribution in [0.25, 0.3) is 18.2 Å². The second-order valence-electron chi connectivity index (χ2n) is 7.77. The van der Waals surface area contributed by atoms with Crippen LogP contribution in [0.2, 0.25) is 0 Å². The van der Waals surface area contributed by atoms with E-state index < -0.39 is 8.60 Å². The predicted octanol–water partition coefficient (Wildman–Crippen LogP) is 7.57. The van der Waals surface area contributed by atoms with Crippen LogP contribution in [0.15, 0.2) is 91.0 Å². The van der Waals surface area contributed by atoms with Crippen LogP contribution < -0.4 is 0 Å². The van der Waals surface area contributed by atoms with Crippen LogP contribution in [0.5, 0.6) is 0 Å². The minimum absolute atomic E-state index is 0.177. The van der Waals surface area contributed by atoms with E-state index in [0.29, 0.717) is 0 Å². The molecule has 152 valence electrons. The summed E-state index contributed by atoms with van der Waals surface area (Å²) in [6, 6.07) is 24.9. The van der Waals surface area contributed by atoms with Crippen molar-refractivity contribution in [3.05, 3.63) is 124 Å². The van der Waals surface area contributed by atoms with Crippen molar-refractivity contribution in [2.75, 3.05) is 0 Å². The molecule has 3 aromatic carbocycles. The number of benzene rings is 3. The molecular formula is C27H21O3P. The average Bonchev–Trinajstić information content (AvgIpc) is 3.52. The van der Waals surface area contributed by atoms with Gasteiger partial charge in [0.05, 0.1) is 0 Å². The summed E-state index contributed by atoms with van der Waals surface area (Å²) in [5, 5.41) is 0. The van der Waals surface area contributed by atoms with Gasteiger partial charge >= 0.3 is 8.60 Å². The molecule has 3 atom stereocenters. The zero-order valence-corrected chi connectivity index (χ0v) is 17.7. The molecule has 3 aliphatic carbocycles. The molecule has 0 aliphatic heterocycles. The Balaban J connectivity index is 1.27. The first kappa shape index (κ1) is 18.9. The molecule has 0 saturated heterocycles. The Kier molecular flexibility index (Phi) is 4.90. The maximum Gasteiger partial charge on any atom is 0.335 e. The lowest BCUT2D eigenvalue weighted by molar-refractivity contribution is 0.104. The highest BCUT2D eigenvalue weighted by atomic mass is 31.2. The third kappa shape index (κ3) is 3.60. The highest BCUT2D eigenvalue weighted by Crippen LogP contribution is 2.55. The minimum Gasteiger partial charge on any atom is -0.300 e. The molecule has 3 aliphatic rings. The standard InChI is InChI=1S/C27H21O3P/c1-4-10-22-19(7-1)13-16-25(22)28-31(29-26-17-14-20-8-2-5-11-23(20)26)30-27-18-15-21-9-3-6-12-24(21)27/h1-18,25-27H. The molecule has 0 fully saturated rings. The fraction of sp³-hybridized carbons (Fsp3) is 0.111. The molecule has 3 aromatic rings. The molecule has 6 rings (SSSR count). The molecule has 0 N–H and O–H groups in total. The second-order valence-corrected chi connectivity index (χ2v) is 8.85. The van der Waals surface area contributed by atoms with Crippen LogP contribution in [0.4, 0.5) is 0 Å². The van der Waals surface area contributed by atoms with E-state index in [0.717, 1.165) is 16.7 Å². The number of hydrogen-bond acceptors (Lipinski definition) is 3. The third-order valence-electron chi connectivity index (χ3n) is 5.86. The number of hydrogen-bond donors (Lipinski definition) is 0. The van der Waals surface area contributed by atoms with Crippen molar-refractivity contribution in [2.24, 2.45) is 0 Å². The lowest BCUT2D eigenvalue weighted by atomic mass is 10.1. The van der Waals surface area contributed by atoms with Crippen molar-refractivity contribution < 1.29 is 13.6 Å². The monoisotopic (exact) mass is 424 g/mol. The summed E-state index contributed by atoms with van der Waals surface area (Å²) in [6.45, 7) is 0. The molecule has 0 saturated carbocycles. The normalized spacial score (nSPS) is 23.0. The van der Waals surface area contributed by atoms with Crippen LogP contribution >= 0.6 is 8.60 Å². The van der Waals surface area contributed by atoms with E-state index in [1.807, 2.05) is 36.4 Å². The summed E-state index contributed by atoms with van der Waals surface area (Å²) in [7, 11) is -1.62. The fourth-order valence-corrected chi connectivity index (χ4v) is 5.53. The first-order valence-electron chi connectivity index (χ1n) is 10.5. The van der Waals surface area contributed by atoms with Crippen LogP contribution in [0.3, 0.4) is 0 Å². The highest BCUT2D eigenvalue weighted by molar-refractivity contribution is 7.41. The van der Waals surface area contributed by atoms with Crippen molar-refractivity contribution in [3.63, 3.8) is 0 Å². The van der Waals surface area contributed by atoms with E-state index in [1.54, 1.807) is 0 Å². The van der Waals surface area contributed by atoms with E-state index in [-0.39, 0.29) is 18.3 Å². The Morgan fingerprint density at radius 3 is 1.13 bits per heavy atom. The minimum atomic E-state index is -1.62. The van der Waals surface area contributed by atoms with Gasteiger partial charge in [-0.05, 0) is 33.4 Å². The lowest BCUT2D eigenvalue weighted by Crippen LogP contribution is -2.06. The van der Waals surface area contributed by atoms with Gasteiger partial charge in [-0.3, -0.25) is 13.6 Å². The molecule has 0 bridgehead atoms. The van der Waals surface area contributed by atoms with Crippen molar-refractivity contribution in [1.29, 1.82) is 0 Å². The van der Waals surface area contributed by atoms with Gasteiger partial charge in [0.1, 0.15) is 18.3 Å². The average molecular weight is 424 g/mol. The van der Waals surface area contributed by atoms with Gasteiger partial charge in [0.15, 0.2) is 0 Å². The van der Waals surface area contributed by atoms with E-state index >= 15 is 0 Å². The van der Waals surface area contributed by atoms with Crippen molar-refractivity contribution in [3.8, 4) is 0 Å². The summed E-state index contributed by atoms with van der Waals surface area (Å²) >= 11 is 0. The van der Waals surface area contributed by atoms with Gasteiger partial charge < -0.3 is 0 Å². The van der Waals surface area contributed by atoms with Gasteiger partial charge in [-0.1, -0.05) is 109 Å². The van der Waals surface area contributed by atoms with Gasteiger partial charge in [-0.25, -0.2) is 0 Å². The third-order valence-corrected chi connectivity index (χ3v) is 7.06. The zero-order valence-electron chi connectivity index (χ0n) is 16.8. The summed E-state index contributed by atoms with van der Waals surface area (Å²) < 4.78 is 19.4. The maximum absolute atomic E-state index is 6.46. The lowest BCUT2D eigenvalue weighted by Gasteiger charge is -2.26. The summed E-state index contributed by atoms with van der Waals surface area (Å²) in [5.41, 5.74) is 6.98. The zero-order chi connectivity index (χ0) is 20.6. The summed E-state index contributed by atoms with van der Waals surface area (Å²) in [4.78, 5) is 0. The van der Waals surface area contributed by atoms with Gasteiger partial charge in [-0.15, -0.1) is 0 Å². The van der Waals surface area contributed by atoms with Crippen LogP contribution in [0, 0.1) is 0 Å². The van der Waals surface area contributed by atoms with Gasteiger partial charge in [0.25, 0.3) is 0 Å². The first-order valence-corrected chi connectivity index (χ1v) is 11.6. The Bertz CT molecular complexity index is 1060. The molecule has 3 unspecified atom stereocenters. The smallest absolute Gasteiger partial charge is 0.300 e. The SMILES string of the molecule is C1=CC(OP(OC2C=Cc3ccccc32)OC2C=Cc3ccccc32)c2ccccc21. The van der Waals surface area contributed by atoms with Crippen LogP contribution in [-0.4, -0.2) is 0 Å². The Labute approximate surface area is 183 Å². The fourth-order valence-electron chi connectivity index (χ4n) is 4.28. The topological polar surface area (TPSA) is 27.7 Å². The molecule has 4 heteroatoms. The molecule has 0 spiro atoms. The van der Waals surface area contributed by atoms with E-state index in [2.05, 4.69) is 72.9 Å². The number of rotatable bonds is 6. The van der Waals surface area contributed by atoms with Crippen molar-refractivity contribution in [2.45, 2.75) is 18.3 Å². The van der Waals surface area contributed by atoms with Crippen LogP contribution in [0.1, 0.15) is 51.7 Å². The molecular weight excluding hydrogens is 403 g/mol. The quantitative estimate of drug-likeness (QED) is 0.382. The molecule has 0 aromatic heterocycles. The van der Waals surface area contributed by atoms with E-state index in [9.17, 15) is 0 Å². The number of fused-ring (bicyclic) bond motifs is 3. The van der Waals surface area contributed by atoms with Crippen LogP contribution in [-0.2, 0) is 13.6 Å². The van der Waals surface area contributed by atoms with Gasteiger partial charge in [0, 0.05) is 0 Å². The van der Waals surface area contributed by atoms with Crippen molar-refractivity contribution in [1.82, 2.24) is 0 Å². The van der Waals surface area contributed by atoms with Gasteiger partial charge in [0.2, 0.25) is 0 Å². The van der Waals surface area contributed by atoms with E-state index in [4.69, 9.17) is 13.6 Å². The Hall–Kier alpha value is -2.81. The molecule has 0 amide bonds.